The van der Waals surface area contributed by atoms with Gasteiger partial charge in [0.25, 0.3) is 0 Å². The molecule has 0 unspecified atom stereocenters. The molecule has 0 saturated carbocycles. The molecule has 0 bridgehead atoms. The number of fused-ring (bicyclic) bond motifs is 1. The van der Waals surface area contributed by atoms with Crippen LogP contribution in [0, 0.1) is 0 Å². The van der Waals surface area contributed by atoms with Gasteiger partial charge in [-0.3, -0.25) is 4.79 Å². The molecule has 4 rings (SSSR count). The molecule has 0 amide bonds. The smallest absolute Gasteiger partial charge is 0.307 e. The van der Waals surface area contributed by atoms with E-state index in [9.17, 15) is 9.90 Å². The highest BCUT2D eigenvalue weighted by atomic mass is 32.1. The predicted molar refractivity (Wildman–Crippen MR) is 118 cm³/mol. The van der Waals surface area contributed by atoms with Gasteiger partial charge in [0.1, 0.15) is 12.2 Å². The van der Waals surface area contributed by atoms with Crippen LogP contribution in [0.5, 0.6) is 5.75 Å². The summed E-state index contributed by atoms with van der Waals surface area (Å²) in [4.78, 5) is 16.0. The van der Waals surface area contributed by atoms with Gasteiger partial charge in [0, 0.05) is 10.8 Å². The summed E-state index contributed by atoms with van der Waals surface area (Å²) in [7, 11) is 0. The molecule has 0 spiro atoms. The Hall–Kier alpha value is -3.12. The maximum atomic E-state index is 11.2. The zero-order valence-corrected chi connectivity index (χ0v) is 18.0. The number of rotatable bonds is 6. The molecule has 2 aromatic carbocycles. The van der Waals surface area contributed by atoms with Crippen LogP contribution in [0.15, 0.2) is 58.3 Å². The van der Waals surface area contributed by atoms with Crippen molar-refractivity contribution in [2.45, 2.75) is 39.2 Å². The molecule has 0 aliphatic rings. The topological polar surface area (TPSA) is 72.6 Å². The number of thiazole rings is 1. The Morgan fingerprint density at radius 1 is 1.10 bits per heavy atom. The third kappa shape index (κ3) is 4.09. The lowest BCUT2D eigenvalue weighted by molar-refractivity contribution is -0.136. The lowest BCUT2D eigenvalue weighted by Crippen LogP contribution is -2.11. The van der Waals surface area contributed by atoms with Gasteiger partial charge in [-0.1, -0.05) is 57.2 Å². The van der Waals surface area contributed by atoms with E-state index in [-0.39, 0.29) is 18.4 Å². The maximum absolute atomic E-state index is 11.2. The Kier molecular flexibility index (Phi) is 5.35. The van der Waals surface area contributed by atoms with Crippen LogP contribution in [0.2, 0.25) is 0 Å². The zero-order chi connectivity index (χ0) is 21.3. The van der Waals surface area contributed by atoms with Crippen LogP contribution >= 0.6 is 11.3 Å². The van der Waals surface area contributed by atoms with Crippen molar-refractivity contribution >= 4 is 28.3 Å². The first-order chi connectivity index (χ1) is 14.3. The van der Waals surface area contributed by atoms with Gasteiger partial charge in [-0.15, -0.1) is 11.3 Å². The predicted octanol–water partition coefficient (Wildman–Crippen LogP) is 6.06. The summed E-state index contributed by atoms with van der Waals surface area (Å²) in [6.45, 7) is 6.63. The molecule has 1 N–H and O–H groups in total. The maximum Gasteiger partial charge on any atom is 0.307 e. The monoisotopic (exact) mass is 421 g/mol. The fraction of sp³-hybridized carbons (Fsp3) is 0.250. The summed E-state index contributed by atoms with van der Waals surface area (Å²) in [5.41, 5.74) is 3.25. The highest BCUT2D eigenvalue weighted by molar-refractivity contribution is 7.13. The second-order valence-corrected chi connectivity index (χ2v) is 9.03. The molecular weight excluding hydrogens is 398 g/mol. The number of aliphatic carboxylic acids is 1. The lowest BCUT2D eigenvalue weighted by atomic mass is 9.93. The summed E-state index contributed by atoms with van der Waals surface area (Å²) < 4.78 is 12.4. The van der Waals surface area contributed by atoms with E-state index in [1.165, 1.54) is 11.3 Å². The normalized spacial score (nSPS) is 11.7. The van der Waals surface area contributed by atoms with Crippen molar-refractivity contribution in [3.8, 4) is 16.5 Å². The molecule has 2 aromatic heterocycles. The standard InChI is InChI=1S/C24H23NO4S/c1-24(2,3)19-14-30-23(25-19)22-21(17-10-6-7-11-18(17)29-22)28-13-16-9-5-4-8-15(16)12-20(26)27/h4-11,14H,12-13H2,1-3H3,(H,26,27). The van der Waals surface area contributed by atoms with Gasteiger partial charge in [-0.05, 0) is 23.3 Å². The van der Waals surface area contributed by atoms with Gasteiger partial charge in [-0.2, -0.15) is 0 Å². The van der Waals surface area contributed by atoms with Crippen molar-refractivity contribution in [2.75, 3.05) is 0 Å². The van der Waals surface area contributed by atoms with E-state index < -0.39 is 5.97 Å². The Morgan fingerprint density at radius 3 is 2.50 bits per heavy atom. The van der Waals surface area contributed by atoms with Crippen LogP contribution in [-0.4, -0.2) is 16.1 Å². The highest BCUT2D eigenvalue weighted by Gasteiger charge is 2.24. The van der Waals surface area contributed by atoms with Gasteiger partial charge in [-0.25, -0.2) is 4.98 Å². The minimum Gasteiger partial charge on any atom is -0.484 e. The summed E-state index contributed by atoms with van der Waals surface area (Å²) in [5, 5.41) is 12.9. The molecule has 0 aliphatic heterocycles. The Balaban J connectivity index is 1.72. The van der Waals surface area contributed by atoms with Crippen molar-refractivity contribution in [3.05, 3.63) is 70.7 Å². The summed E-state index contributed by atoms with van der Waals surface area (Å²) >= 11 is 1.53. The van der Waals surface area contributed by atoms with E-state index in [4.69, 9.17) is 14.1 Å². The van der Waals surface area contributed by atoms with E-state index in [1.807, 2.05) is 48.5 Å². The Morgan fingerprint density at radius 2 is 1.80 bits per heavy atom. The van der Waals surface area contributed by atoms with Crippen molar-refractivity contribution in [3.63, 3.8) is 0 Å². The molecule has 0 atom stereocenters. The van der Waals surface area contributed by atoms with E-state index in [0.717, 1.165) is 32.8 Å². The molecule has 6 heteroatoms. The first-order valence-electron chi connectivity index (χ1n) is 9.72. The number of carboxylic acid groups (broad SMARTS) is 1. The van der Waals surface area contributed by atoms with Gasteiger partial charge in [0.15, 0.2) is 10.8 Å². The fourth-order valence-corrected chi connectivity index (χ4v) is 4.23. The number of para-hydroxylation sites is 1. The van der Waals surface area contributed by atoms with Crippen LogP contribution in [0.4, 0.5) is 0 Å². The summed E-state index contributed by atoms with van der Waals surface area (Å²) in [6, 6.07) is 15.2. The first-order valence-corrected chi connectivity index (χ1v) is 10.6. The molecule has 0 fully saturated rings. The molecule has 30 heavy (non-hydrogen) atoms. The van der Waals surface area contributed by atoms with Crippen LogP contribution in [0.25, 0.3) is 21.7 Å². The Bertz CT molecular complexity index is 1200. The van der Waals surface area contributed by atoms with E-state index in [0.29, 0.717) is 11.5 Å². The molecule has 4 aromatic rings. The molecular formula is C24H23NO4S. The number of carbonyl (C=O) groups is 1. The van der Waals surface area contributed by atoms with Crippen LogP contribution in [-0.2, 0) is 23.2 Å². The third-order valence-electron chi connectivity index (χ3n) is 4.85. The van der Waals surface area contributed by atoms with Crippen molar-refractivity contribution < 1.29 is 19.1 Å². The van der Waals surface area contributed by atoms with Gasteiger partial charge in [0.2, 0.25) is 5.76 Å². The lowest BCUT2D eigenvalue weighted by Gasteiger charge is -2.14. The third-order valence-corrected chi connectivity index (χ3v) is 5.69. The minimum absolute atomic E-state index is 0.0417. The molecule has 154 valence electrons. The molecule has 0 aliphatic carbocycles. The average molecular weight is 422 g/mol. The van der Waals surface area contributed by atoms with E-state index in [1.54, 1.807) is 0 Å². The summed E-state index contributed by atoms with van der Waals surface area (Å²) in [5.74, 6) is 0.368. The fourth-order valence-electron chi connectivity index (χ4n) is 3.21. The Labute approximate surface area is 179 Å². The SMILES string of the molecule is CC(C)(C)c1csc(-c2oc3ccccc3c2OCc2ccccc2CC(=O)O)n1. The second-order valence-electron chi connectivity index (χ2n) is 8.17. The van der Waals surface area contributed by atoms with Gasteiger partial charge in [0.05, 0.1) is 17.5 Å². The van der Waals surface area contributed by atoms with Crippen LogP contribution in [0.1, 0.15) is 37.6 Å². The first kappa shape index (κ1) is 20.2. The largest absolute Gasteiger partial charge is 0.484 e. The van der Waals surface area contributed by atoms with Crippen LogP contribution < -0.4 is 4.74 Å². The molecule has 0 radical (unpaired) electrons. The van der Waals surface area contributed by atoms with Crippen molar-refractivity contribution in [2.24, 2.45) is 0 Å². The van der Waals surface area contributed by atoms with E-state index in [2.05, 4.69) is 26.2 Å². The zero-order valence-electron chi connectivity index (χ0n) is 17.1. The van der Waals surface area contributed by atoms with Crippen LogP contribution in [0.3, 0.4) is 0 Å². The number of nitrogens with zero attached hydrogens (tertiary/aromatic N) is 1. The average Bonchev–Trinajstić information content (AvgIpc) is 3.32. The number of ether oxygens (including phenoxy) is 1. The number of furan rings is 1. The minimum atomic E-state index is -0.866. The molecule has 5 nitrogen and oxygen atoms in total. The van der Waals surface area contributed by atoms with Gasteiger partial charge < -0.3 is 14.3 Å². The van der Waals surface area contributed by atoms with E-state index >= 15 is 0 Å². The van der Waals surface area contributed by atoms with Crippen molar-refractivity contribution in [1.82, 2.24) is 4.98 Å². The van der Waals surface area contributed by atoms with Crippen molar-refractivity contribution in [1.29, 1.82) is 0 Å². The number of aromatic nitrogens is 1. The molecule has 2 heterocycles. The number of carboxylic acids is 1. The number of hydrogen-bond acceptors (Lipinski definition) is 5. The van der Waals surface area contributed by atoms with Gasteiger partial charge >= 0.3 is 5.97 Å². The summed E-state index contributed by atoms with van der Waals surface area (Å²) in [6.07, 6.45) is -0.0417. The number of hydrogen-bond donors (Lipinski definition) is 1. The number of benzene rings is 2. The quantitative estimate of drug-likeness (QED) is 0.410. The highest BCUT2D eigenvalue weighted by Crippen LogP contribution is 2.42. The second kappa shape index (κ2) is 7.95. The molecule has 0 saturated heterocycles.